The molecular formula is C36H46N4O2. The third-order valence-corrected chi connectivity index (χ3v) is 11.3. The fraction of sp³-hybridized carbons (Fsp3) is 0.556. The molecule has 42 heavy (non-hydrogen) atoms. The predicted molar refractivity (Wildman–Crippen MR) is 168 cm³/mol. The molecule has 5 aliphatic carbocycles. The summed E-state index contributed by atoms with van der Waals surface area (Å²) in [5, 5.41) is 4.63. The molecule has 2 aromatic carbocycles. The molecule has 1 aromatic heterocycles. The first-order valence-electron chi connectivity index (χ1n) is 16.2. The number of aromatic nitrogens is 2. The van der Waals surface area contributed by atoms with Crippen molar-refractivity contribution >= 4 is 11.6 Å². The molecule has 8 rings (SSSR count). The normalized spacial score (nSPS) is 28.9. The van der Waals surface area contributed by atoms with Gasteiger partial charge in [0.05, 0.1) is 19.3 Å². The van der Waals surface area contributed by atoms with Crippen LogP contribution in [-0.4, -0.2) is 35.4 Å². The highest BCUT2D eigenvalue weighted by Crippen LogP contribution is 2.58. The maximum atomic E-state index is 14.3. The summed E-state index contributed by atoms with van der Waals surface area (Å²) in [6, 6.07) is 16.2. The number of anilines is 1. The smallest absolute Gasteiger partial charge is 0.230 e. The summed E-state index contributed by atoms with van der Waals surface area (Å²) in [5.41, 5.74) is 12.7. The Hall–Kier alpha value is -3.12. The number of carbonyl (C=O) groups excluding carboxylic acids is 1. The van der Waals surface area contributed by atoms with E-state index in [9.17, 15) is 4.79 Å². The fourth-order valence-electron chi connectivity index (χ4n) is 8.24. The SMILES string of the molecule is COc1ccc(C23CCC(CN(c4cccc(-c5cnn(C6CC6)c5)c4)C(=O)[C@H]4CC[C@H](N)CC4)(CC2)CC3)cc1C. The standard InChI is InChI=1S/C36H46N4O2/c1-25-20-29(8-13-33(25)42-2)36-17-14-35(15-18-36,16-19-36)24-39(34(41)26-6-9-30(37)10-7-26)32-5-3-4-27(21-32)28-22-38-40(23-28)31-11-12-31/h3-5,8,13,20-23,26,30-31H,6-7,9-12,14-19,24,37H2,1-2H3/t26-,30-,35?,36?. The zero-order valence-electron chi connectivity index (χ0n) is 25.4. The number of benzene rings is 2. The van der Waals surface area contributed by atoms with Crippen molar-refractivity contribution in [1.82, 2.24) is 9.78 Å². The largest absolute Gasteiger partial charge is 0.496 e. The van der Waals surface area contributed by atoms with E-state index >= 15 is 0 Å². The molecule has 1 amide bonds. The second-order valence-electron chi connectivity index (χ2n) is 14.0. The molecule has 5 fully saturated rings. The van der Waals surface area contributed by atoms with Gasteiger partial charge in [-0.15, -0.1) is 0 Å². The van der Waals surface area contributed by atoms with Crippen molar-refractivity contribution in [2.45, 2.75) is 101 Å². The Labute approximate surface area is 250 Å². The summed E-state index contributed by atoms with van der Waals surface area (Å²) in [6.07, 6.45) is 17.4. The van der Waals surface area contributed by atoms with Gasteiger partial charge < -0.3 is 15.4 Å². The molecule has 0 aliphatic heterocycles. The van der Waals surface area contributed by atoms with Crippen molar-refractivity contribution in [3.63, 3.8) is 0 Å². The van der Waals surface area contributed by atoms with E-state index in [0.717, 1.165) is 54.8 Å². The molecular weight excluding hydrogens is 520 g/mol. The zero-order chi connectivity index (χ0) is 28.9. The van der Waals surface area contributed by atoms with Gasteiger partial charge in [0, 0.05) is 36.0 Å². The molecule has 2 N–H and O–H groups in total. The molecule has 3 aromatic rings. The van der Waals surface area contributed by atoms with Gasteiger partial charge >= 0.3 is 0 Å². The van der Waals surface area contributed by atoms with Crippen LogP contribution in [0, 0.1) is 18.3 Å². The Kier molecular flexibility index (Phi) is 7.16. The molecule has 0 atom stereocenters. The Morgan fingerprint density at radius 1 is 0.976 bits per heavy atom. The van der Waals surface area contributed by atoms with Crippen LogP contribution < -0.4 is 15.4 Å². The van der Waals surface area contributed by atoms with Gasteiger partial charge in [0.1, 0.15) is 5.75 Å². The number of aryl methyl sites for hydroxylation is 1. The minimum absolute atomic E-state index is 0.0658. The van der Waals surface area contributed by atoms with Crippen LogP contribution in [0.25, 0.3) is 11.1 Å². The average Bonchev–Trinajstić information content (AvgIpc) is 3.76. The van der Waals surface area contributed by atoms with Crippen molar-refractivity contribution in [3.8, 4) is 16.9 Å². The highest BCUT2D eigenvalue weighted by Gasteiger charge is 2.50. The first-order valence-corrected chi connectivity index (χ1v) is 16.2. The third kappa shape index (κ3) is 5.16. The number of amides is 1. The van der Waals surface area contributed by atoms with Gasteiger partial charge in [0.15, 0.2) is 0 Å². The molecule has 0 unspecified atom stereocenters. The van der Waals surface area contributed by atoms with Crippen LogP contribution in [-0.2, 0) is 10.2 Å². The van der Waals surface area contributed by atoms with E-state index in [4.69, 9.17) is 10.5 Å². The van der Waals surface area contributed by atoms with Gasteiger partial charge in [-0.3, -0.25) is 9.48 Å². The molecule has 0 saturated heterocycles. The van der Waals surface area contributed by atoms with E-state index in [-0.39, 0.29) is 22.8 Å². The summed E-state index contributed by atoms with van der Waals surface area (Å²) >= 11 is 0. The zero-order valence-corrected chi connectivity index (χ0v) is 25.4. The monoisotopic (exact) mass is 566 g/mol. The molecule has 0 radical (unpaired) electrons. The van der Waals surface area contributed by atoms with Crippen molar-refractivity contribution in [2.75, 3.05) is 18.6 Å². The van der Waals surface area contributed by atoms with Crippen LogP contribution in [0.4, 0.5) is 5.69 Å². The van der Waals surface area contributed by atoms with Crippen molar-refractivity contribution in [1.29, 1.82) is 0 Å². The van der Waals surface area contributed by atoms with E-state index in [1.807, 2.05) is 6.20 Å². The second-order valence-corrected chi connectivity index (χ2v) is 14.0. The number of rotatable bonds is 8. The van der Waals surface area contributed by atoms with Gasteiger partial charge in [0.25, 0.3) is 0 Å². The number of methoxy groups -OCH3 is 1. The molecule has 6 heteroatoms. The van der Waals surface area contributed by atoms with Crippen LogP contribution in [0.15, 0.2) is 54.9 Å². The minimum atomic E-state index is 0.0658. The second kappa shape index (κ2) is 10.9. The van der Waals surface area contributed by atoms with Crippen LogP contribution in [0.5, 0.6) is 5.75 Å². The quantitative estimate of drug-likeness (QED) is 0.310. The molecule has 5 saturated carbocycles. The molecule has 2 bridgehead atoms. The lowest BCUT2D eigenvalue weighted by molar-refractivity contribution is -0.124. The van der Waals surface area contributed by atoms with E-state index in [2.05, 4.69) is 70.3 Å². The number of fused-ring (bicyclic) bond motifs is 3. The summed E-state index contributed by atoms with van der Waals surface area (Å²) in [7, 11) is 1.75. The topological polar surface area (TPSA) is 73.4 Å². The van der Waals surface area contributed by atoms with Gasteiger partial charge in [-0.2, -0.15) is 5.10 Å². The lowest BCUT2D eigenvalue weighted by Crippen LogP contribution is -2.52. The predicted octanol–water partition coefficient (Wildman–Crippen LogP) is 7.34. The van der Waals surface area contributed by atoms with E-state index in [1.165, 1.54) is 62.5 Å². The van der Waals surface area contributed by atoms with Crippen molar-refractivity contribution in [2.24, 2.45) is 17.1 Å². The Morgan fingerprint density at radius 2 is 1.71 bits per heavy atom. The Balaban J connectivity index is 1.15. The van der Waals surface area contributed by atoms with Gasteiger partial charge in [-0.05, 0) is 130 Å². The summed E-state index contributed by atoms with van der Waals surface area (Å²) in [5.74, 6) is 1.34. The van der Waals surface area contributed by atoms with Gasteiger partial charge in [-0.1, -0.05) is 24.3 Å². The van der Waals surface area contributed by atoms with Crippen LogP contribution in [0.2, 0.25) is 0 Å². The number of nitrogens with two attached hydrogens (primary N) is 1. The van der Waals surface area contributed by atoms with Crippen LogP contribution in [0.1, 0.15) is 94.2 Å². The Bertz CT molecular complexity index is 1420. The summed E-state index contributed by atoms with van der Waals surface area (Å²) < 4.78 is 7.65. The third-order valence-electron chi connectivity index (χ3n) is 11.3. The van der Waals surface area contributed by atoms with E-state index in [0.29, 0.717) is 11.9 Å². The number of carbonyl (C=O) groups is 1. The number of hydrogen-bond acceptors (Lipinski definition) is 4. The van der Waals surface area contributed by atoms with E-state index in [1.54, 1.807) is 7.11 Å². The highest BCUT2D eigenvalue weighted by molar-refractivity contribution is 5.96. The van der Waals surface area contributed by atoms with Crippen LogP contribution in [0.3, 0.4) is 0 Å². The molecule has 1 heterocycles. The molecule has 0 spiro atoms. The molecule has 5 aliphatic rings. The van der Waals surface area contributed by atoms with Crippen LogP contribution >= 0.6 is 0 Å². The lowest BCUT2D eigenvalue weighted by Gasteiger charge is -2.55. The number of hydrogen-bond donors (Lipinski definition) is 1. The maximum absolute atomic E-state index is 14.3. The first kappa shape index (κ1) is 27.7. The first-order chi connectivity index (χ1) is 20.4. The average molecular weight is 567 g/mol. The minimum Gasteiger partial charge on any atom is -0.496 e. The number of nitrogens with zero attached hydrogens (tertiary/aromatic N) is 3. The number of ether oxygens (including phenoxy) is 1. The maximum Gasteiger partial charge on any atom is 0.230 e. The summed E-state index contributed by atoms with van der Waals surface area (Å²) in [6.45, 7) is 2.97. The molecule has 6 nitrogen and oxygen atoms in total. The van der Waals surface area contributed by atoms with Crippen molar-refractivity contribution in [3.05, 3.63) is 66.0 Å². The lowest BCUT2D eigenvalue weighted by atomic mass is 9.51. The molecule has 222 valence electrons. The van der Waals surface area contributed by atoms with Gasteiger partial charge in [-0.25, -0.2) is 0 Å². The summed E-state index contributed by atoms with van der Waals surface area (Å²) in [4.78, 5) is 16.5. The fourth-order valence-corrected chi connectivity index (χ4v) is 8.24. The van der Waals surface area contributed by atoms with E-state index < -0.39 is 0 Å². The Morgan fingerprint density at radius 3 is 2.38 bits per heavy atom. The van der Waals surface area contributed by atoms with Crippen molar-refractivity contribution < 1.29 is 9.53 Å². The van der Waals surface area contributed by atoms with Gasteiger partial charge in [0.2, 0.25) is 5.91 Å². The highest BCUT2D eigenvalue weighted by atomic mass is 16.5.